The molecule has 3 rings (SSSR count). The average Bonchev–Trinajstić information content (AvgIpc) is 2.76. The molecule has 0 aromatic heterocycles. The first kappa shape index (κ1) is 17.7. The number of likely N-dealkylation sites (N-methyl/N-ethyl adjacent to an activating group) is 1. The van der Waals surface area contributed by atoms with Crippen LogP contribution in [-0.4, -0.2) is 37.0 Å². The molecular weight excluding hydrogens is 387 g/mol. The molecular formula is C19H20BrFN2O2. The van der Waals surface area contributed by atoms with E-state index < -0.39 is 6.10 Å². The van der Waals surface area contributed by atoms with E-state index in [0.29, 0.717) is 23.3 Å². The Morgan fingerprint density at radius 3 is 2.76 bits per heavy atom. The number of rotatable bonds is 3. The Morgan fingerprint density at radius 1 is 1.24 bits per heavy atom. The van der Waals surface area contributed by atoms with Crippen LogP contribution in [0, 0.1) is 5.82 Å². The Hall–Kier alpha value is -2.08. The fourth-order valence-electron chi connectivity index (χ4n) is 2.95. The van der Waals surface area contributed by atoms with Gasteiger partial charge in [-0.05, 0) is 52.7 Å². The molecule has 2 aromatic carbocycles. The lowest BCUT2D eigenvalue weighted by molar-refractivity contribution is -0.138. The average molecular weight is 407 g/mol. The van der Waals surface area contributed by atoms with Crippen LogP contribution in [0.2, 0.25) is 0 Å². The molecule has 1 amide bonds. The zero-order chi connectivity index (χ0) is 18.0. The van der Waals surface area contributed by atoms with Gasteiger partial charge in [0.2, 0.25) is 0 Å². The van der Waals surface area contributed by atoms with E-state index in [1.54, 1.807) is 6.92 Å². The highest BCUT2D eigenvalue weighted by Crippen LogP contribution is 2.28. The maximum atomic E-state index is 13.2. The summed E-state index contributed by atoms with van der Waals surface area (Å²) in [6.45, 7) is 3.66. The van der Waals surface area contributed by atoms with E-state index in [1.807, 2.05) is 30.1 Å². The number of fused-ring (bicyclic) bond motifs is 1. The predicted octanol–water partition coefficient (Wildman–Crippen LogP) is 3.83. The molecule has 0 spiro atoms. The van der Waals surface area contributed by atoms with E-state index in [0.717, 1.165) is 17.8 Å². The standard InChI is InChI=1S/C19H20BrFN2O2/c1-13(25-18-8-7-15(21)11-16(18)20)19(24)23-10-9-22(2)17-6-4-3-5-14(17)12-23/h3-8,11,13H,9-10,12H2,1-2H3. The van der Waals surface area contributed by atoms with Gasteiger partial charge in [0.25, 0.3) is 5.91 Å². The van der Waals surface area contributed by atoms with Crippen molar-refractivity contribution in [3.05, 3.63) is 58.3 Å². The molecule has 132 valence electrons. The van der Waals surface area contributed by atoms with Crippen LogP contribution in [0.5, 0.6) is 5.75 Å². The second kappa shape index (κ2) is 7.44. The second-order valence-corrected chi connectivity index (χ2v) is 7.00. The number of ether oxygens (including phenoxy) is 1. The second-order valence-electron chi connectivity index (χ2n) is 6.14. The highest BCUT2D eigenvalue weighted by Gasteiger charge is 2.26. The Bertz CT molecular complexity index is 784. The first-order valence-corrected chi connectivity index (χ1v) is 8.94. The number of hydrogen-bond acceptors (Lipinski definition) is 3. The van der Waals surface area contributed by atoms with Crippen LogP contribution in [0.3, 0.4) is 0 Å². The lowest BCUT2D eigenvalue weighted by Gasteiger charge is -2.25. The summed E-state index contributed by atoms with van der Waals surface area (Å²) in [5.41, 5.74) is 2.26. The van der Waals surface area contributed by atoms with E-state index in [9.17, 15) is 9.18 Å². The van der Waals surface area contributed by atoms with Crippen LogP contribution in [0.1, 0.15) is 12.5 Å². The summed E-state index contributed by atoms with van der Waals surface area (Å²) in [4.78, 5) is 16.8. The number of halogens is 2. The van der Waals surface area contributed by atoms with Crippen LogP contribution in [0.25, 0.3) is 0 Å². The minimum absolute atomic E-state index is 0.0821. The molecule has 0 N–H and O–H groups in total. The van der Waals surface area contributed by atoms with Gasteiger partial charge >= 0.3 is 0 Å². The van der Waals surface area contributed by atoms with Crippen molar-refractivity contribution in [3.8, 4) is 5.75 Å². The summed E-state index contributed by atoms with van der Waals surface area (Å²) in [5, 5.41) is 0. The molecule has 1 heterocycles. The monoisotopic (exact) mass is 406 g/mol. The van der Waals surface area contributed by atoms with Crippen molar-refractivity contribution in [1.82, 2.24) is 4.90 Å². The summed E-state index contributed by atoms with van der Waals surface area (Å²) in [7, 11) is 2.03. The lowest BCUT2D eigenvalue weighted by atomic mass is 10.1. The van der Waals surface area contributed by atoms with Crippen molar-refractivity contribution >= 4 is 27.5 Å². The molecule has 0 radical (unpaired) electrons. The van der Waals surface area contributed by atoms with Crippen molar-refractivity contribution in [3.63, 3.8) is 0 Å². The molecule has 0 bridgehead atoms. The fourth-order valence-corrected chi connectivity index (χ4v) is 3.39. The zero-order valence-electron chi connectivity index (χ0n) is 14.2. The van der Waals surface area contributed by atoms with Crippen LogP contribution in [0.15, 0.2) is 46.9 Å². The van der Waals surface area contributed by atoms with Gasteiger partial charge in [-0.3, -0.25) is 4.79 Å². The lowest BCUT2D eigenvalue weighted by Crippen LogP contribution is -2.41. The molecule has 1 atom stereocenters. The molecule has 1 aliphatic rings. The number of benzene rings is 2. The molecule has 25 heavy (non-hydrogen) atoms. The molecule has 0 saturated carbocycles. The van der Waals surface area contributed by atoms with Gasteiger partial charge in [0, 0.05) is 32.4 Å². The van der Waals surface area contributed by atoms with Crippen molar-refractivity contribution in [2.75, 3.05) is 25.0 Å². The normalized spacial score (nSPS) is 15.4. The summed E-state index contributed by atoms with van der Waals surface area (Å²) in [6, 6.07) is 12.3. The Kier molecular flexibility index (Phi) is 5.27. The molecule has 1 aliphatic heterocycles. The SMILES string of the molecule is CC(Oc1ccc(F)cc1Br)C(=O)N1CCN(C)c2ccccc2C1. The van der Waals surface area contributed by atoms with Crippen LogP contribution < -0.4 is 9.64 Å². The number of nitrogens with zero attached hydrogens (tertiary/aromatic N) is 2. The van der Waals surface area contributed by atoms with E-state index in [1.165, 1.54) is 18.2 Å². The quantitative estimate of drug-likeness (QED) is 0.776. The first-order valence-electron chi connectivity index (χ1n) is 8.15. The van der Waals surface area contributed by atoms with Gasteiger partial charge in [-0.2, -0.15) is 0 Å². The summed E-state index contributed by atoms with van der Waals surface area (Å²) in [6.07, 6.45) is -0.655. The molecule has 2 aromatic rings. The largest absolute Gasteiger partial charge is 0.480 e. The van der Waals surface area contributed by atoms with Crippen LogP contribution in [-0.2, 0) is 11.3 Å². The predicted molar refractivity (Wildman–Crippen MR) is 99.3 cm³/mol. The van der Waals surface area contributed by atoms with Crippen molar-refractivity contribution in [2.45, 2.75) is 19.6 Å². The topological polar surface area (TPSA) is 32.8 Å². The van der Waals surface area contributed by atoms with Gasteiger partial charge in [0.05, 0.1) is 4.47 Å². The highest BCUT2D eigenvalue weighted by molar-refractivity contribution is 9.10. The van der Waals surface area contributed by atoms with E-state index in [-0.39, 0.29) is 11.7 Å². The van der Waals surface area contributed by atoms with Gasteiger partial charge in [0.15, 0.2) is 6.10 Å². The highest BCUT2D eigenvalue weighted by atomic mass is 79.9. The summed E-state index contributed by atoms with van der Waals surface area (Å²) < 4.78 is 19.4. The van der Waals surface area contributed by atoms with Crippen molar-refractivity contribution in [1.29, 1.82) is 0 Å². The van der Waals surface area contributed by atoms with Crippen molar-refractivity contribution < 1.29 is 13.9 Å². The van der Waals surface area contributed by atoms with Crippen molar-refractivity contribution in [2.24, 2.45) is 0 Å². The third-order valence-corrected chi connectivity index (χ3v) is 4.95. The van der Waals surface area contributed by atoms with Crippen LogP contribution in [0.4, 0.5) is 10.1 Å². The molecule has 0 aliphatic carbocycles. The smallest absolute Gasteiger partial charge is 0.263 e. The maximum Gasteiger partial charge on any atom is 0.263 e. The third kappa shape index (κ3) is 3.95. The van der Waals surface area contributed by atoms with Crippen LogP contribution >= 0.6 is 15.9 Å². The van der Waals surface area contributed by atoms with E-state index in [4.69, 9.17) is 4.74 Å². The number of carbonyl (C=O) groups excluding carboxylic acids is 1. The molecule has 6 heteroatoms. The number of hydrogen-bond donors (Lipinski definition) is 0. The number of anilines is 1. The van der Waals surface area contributed by atoms with Gasteiger partial charge in [-0.15, -0.1) is 0 Å². The first-order chi connectivity index (χ1) is 12.0. The van der Waals surface area contributed by atoms with Gasteiger partial charge in [0.1, 0.15) is 11.6 Å². The summed E-state index contributed by atoms with van der Waals surface area (Å²) in [5.74, 6) is 0.0151. The van der Waals surface area contributed by atoms with E-state index in [2.05, 4.69) is 26.9 Å². The molecule has 0 fully saturated rings. The van der Waals surface area contributed by atoms with Gasteiger partial charge < -0.3 is 14.5 Å². The number of para-hydroxylation sites is 1. The third-order valence-electron chi connectivity index (χ3n) is 4.33. The molecule has 0 saturated heterocycles. The molecule has 4 nitrogen and oxygen atoms in total. The van der Waals surface area contributed by atoms with Gasteiger partial charge in [-0.1, -0.05) is 18.2 Å². The number of carbonyl (C=O) groups is 1. The Balaban J connectivity index is 1.74. The fraction of sp³-hybridized carbons (Fsp3) is 0.316. The maximum absolute atomic E-state index is 13.2. The zero-order valence-corrected chi connectivity index (χ0v) is 15.8. The number of amides is 1. The Labute approximate surface area is 155 Å². The van der Waals surface area contributed by atoms with Gasteiger partial charge in [-0.25, -0.2) is 4.39 Å². The van der Waals surface area contributed by atoms with E-state index >= 15 is 0 Å². The summed E-state index contributed by atoms with van der Waals surface area (Å²) >= 11 is 3.27. The minimum Gasteiger partial charge on any atom is -0.480 e. The Morgan fingerprint density at radius 2 is 2.00 bits per heavy atom. The minimum atomic E-state index is -0.655. The molecule has 1 unspecified atom stereocenters.